The molecule has 0 aliphatic heterocycles. The maximum atomic E-state index is 16.4. The summed E-state index contributed by atoms with van der Waals surface area (Å²) in [6.07, 6.45) is 4.58. The van der Waals surface area contributed by atoms with Gasteiger partial charge in [-0.15, -0.1) is 0 Å². The molecule has 0 aliphatic rings. The van der Waals surface area contributed by atoms with E-state index in [1.54, 1.807) is 60.9 Å². The van der Waals surface area contributed by atoms with E-state index in [-0.39, 0.29) is 34.6 Å². The van der Waals surface area contributed by atoms with Crippen LogP contribution >= 0.6 is 0 Å². The maximum absolute atomic E-state index is 16.4. The second-order valence-electron chi connectivity index (χ2n) is 10.2. The van der Waals surface area contributed by atoms with Gasteiger partial charge in [-0.25, -0.2) is 9.37 Å². The number of nitrogens with zero attached hydrogens (tertiary/aromatic N) is 3. The normalized spacial score (nSPS) is 11.0. The number of methoxy groups -OCH3 is 1. The Labute approximate surface area is 256 Å². The van der Waals surface area contributed by atoms with Crippen molar-refractivity contribution in [1.82, 2.24) is 24.8 Å². The average Bonchev–Trinajstić information content (AvgIpc) is 3.48. The number of hydrogen-bond donors (Lipinski definition) is 3. The van der Waals surface area contributed by atoms with Crippen LogP contribution in [0.5, 0.6) is 5.75 Å². The Kier molecular flexibility index (Phi) is 7.89. The third kappa shape index (κ3) is 5.78. The molecule has 0 fully saturated rings. The number of aromatic amines is 1. The van der Waals surface area contributed by atoms with Gasteiger partial charge in [0.05, 0.1) is 24.8 Å². The molecule has 0 saturated carbocycles. The first-order valence-corrected chi connectivity index (χ1v) is 13.9. The van der Waals surface area contributed by atoms with E-state index in [1.165, 1.54) is 25.4 Å². The fourth-order valence-corrected chi connectivity index (χ4v) is 5.21. The van der Waals surface area contributed by atoms with E-state index in [0.29, 0.717) is 16.9 Å². The SMILES string of the molecule is COc1cccc(-c2ccc(C(N)=O)c(-c3cnc(-c4ccccc4)n(CC(=O)NCc4cc5cnccc5[nH]4)c3=O)c2F)c1. The number of ether oxygens (including phenoxy) is 1. The number of hydrogen-bond acceptors (Lipinski definition) is 6. The van der Waals surface area contributed by atoms with Crippen molar-refractivity contribution in [2.75, 3.05) is 7.11 Å². The zero-order chi connectivity index (χ0) is 31.5. The molecule has 4 N–H and O–H groups in total. The minimum atomic E-state index is -0.926. The highest BCUT2D eigenvalue weighted by molar-refractivity contribution is 6.01. The van der Waals surface area contributed by atoms with Crippen molar-refractivity contribution < 1.29 is 18.7 Å². The maximum Gasteiger partial charge on any atom is 0.262 e. The fourth-order valence-electron chi connectivity index (χ4n) is 5.21. The number of nitrogens with two attached hydrogens (primary N) is 1. The van der Waals surface area contributed by atoms with E-state index in [9.17, 15) is 14.4 Å². The van der Waals surface area contributed by atoms with Crippen LogP contribution in [0.25, 0.3) is 44.5 Å². The van der Waals surface area contributed by atoms with Crippen molar-refractivity contribution in [2.45, 2.75) is 13.1 Å². The molecule has 45 heavy (non-hydrogen) atoms. The molecule has 0 unspecified atom stereocenters. The summed E-state index contributed by atoms with van der Waals surface area (Å²) in [4.78, 5) is 51.7. The van der Waals surface area contributed by atoms with Gasteiger partial charge < -0.3 is 20.8 Å². The van der Waals surface area contributed by atoms with Crippen LogP contribution in [0, 0.1) is 5.82 Å². The van der Waals surface area contributed by atoms with Crippen LogP contribution in [0.2, 0.25) is 0 Å². The zero-order valence-corrected chi connectivity index (χ0v) is 24.1. The van der Waals surface area contributed by atoms with E-state index in [0.717, 1.165) is 21.2 Å². The number of nitrogens with one attached hydrogen (secondary N) is 2. The van der Waals surface area contributed by atoms with Crippen molar-refractivity contribution in [3.63, 3.8) is 0 Å². The Bertz CT molecular complexity index is 2090. The molecule has 10 nitrogen and oxygen atoms in total. The Morgan fingerprint density at radius 2 is 1.78 bits per heavy atom. The smallest absolute Gasteiger partial charge is 0.262 e. The highest BCUT2D eigenvalue weighted by atomic mass is 19.1. The van der Waals surface area contributed by atoms with Gasteiger partial charge in [0.15, 0.2) is 0 Å². The largest absolute Gasteiger partial charge is 0.497 e. The van der Waals surface area contributed by atoms with E-state index in [4.69, 9.17) is 10.5 Å². The van der Waals surface area contributed by atoms with Crippen LogP contribution in [0.15, 0.2) is 102 Å². The van der Waals surface area contributed by atoms with Crippen LogP contribution in [0.4, 0.5) is 4.39 Å². The summed E-state index contributed by atoms with van der Waals surface area (Å²) < 4.78 is 22.8. The standard InChI is InChI=1S/C34H27FN6O4/c1-45-24-9-5-8-21(15-24)25-10-11-26(32(36)43)30(31(25)35)27-18-39-33(20-6-3-2-4-7-20)41(34(27)44)19-29(42)38-17-23-14-22-16-37-13-12-28(22)40-23/h2-16,18,40H,17,19H2,1H3,(H2,36,43)(H,38,42). The highest BCUT2D eigenvalue weighted by Gasteiger charge is 2.24. The zero-order valence-electron chi connectivity index (χ0n) is 24.1. The van der Waals surface area contributed by atoms with Gasteiger partial charge >= 0.3 is 0 Å². The lowest BCUT2D eigenvalue weighted by Crippen LogP contribution is -2.34. The van der Waals surface area contributed by atoms with Gasteiger partial charge in [-0.1, -0.05) is 48.5 Å². The Morgan fingerprint density at radius 3 is 2.53 bits per heavy atom. The van der Waals surface area contributed by atoms with Crippen LogP contribution in [-0.4, -0.2) is 38.4 Å². The molecular weight excluding hydrogens is 575 g/mol. The molecule has 0 aliphatic carbocycles. The molecule has 224 valence electrons. The number of primary amides is 1. The highest BCUT2D eigenvalue weighted by Crippen LogP contribution is 2.34. The molecule has 11 heteroatoms. The molecule has 6 rings (SSSR count). The first kappa shape index (κ1) is 29.0. The van der Waals surface area contributed by atoms with Gasteiger partial charge in [-0.05, 0) is 35.9 Å². The number of amides is 2. The molecule has 6 aromatic rings. The Hall–Kier alpha value is -6.10. The minimum Gasteiger partial charge on any atom is -0.497 e. The van der Waals surface area contributed by atoms with E-state index in [1.807, 2.05) is 18.2 Å². The number of carbonyl (C=O) groups is 2. The monoisotopic (exact) mass is 602 g/mol. The number of carbonyl (C=O) groups excluding carboxylic acids is 2. The number of aromatic nitrogens is 4. The van der Waals surface area contributed by atoms with Crippen molar-refractivity contribution in [3.8, 4) is 39.4 Å². The van der Waals surface area contributed by atoms with Crippen molar-refractivity contribution in [1.29, 1.82) is 0 Å². The second-order valence-corrected chi connectivity index (χ2v) is 10.2. The third-order valence-electron chi connectivity index (χ3n) is 7.39. The molecule has 0 radical (unpaired) electrons. The molecule has 0 saturated heterocycles. The number of halogens is 1. The molecule has 0 spiro atoms. The Morgan fingerprint density at radius 1 is 0.978 bits per heavy atom. The molecule has 2 amide bonds. The predicted molar refractivity (Wildman–Crippen MR) is 168 cm³/mol. The lowest BCUT2D eigenvalue weighted by atomic mass is 9.94. The van der Waals surface area contributed by atoms with Crippen LogP contribution in [-0.2, 0) is 17.9 Å². The topological polar surface area (TPSA) is 145 Å². The fraction of sp³-hybridized carbons (Fsp3) is 0.0882. The van der Waals surface area contributed by atoms with Gasteiger partial charge in [0, 0.05) is 51.9 Å². The summed E-state index contributed by atoms with van der Waals surface area (Å²) in [6, 6.07) is 22.0. The molecule has 0 atom stereocenters. The molecule has 3 aromatic carbocycles. The van der Waals surface area contributed by atoms with E-state index >= 15 is 4.39 Å². The quantitative estimate of drug-likeness (QED) is 0.219. The molecule has 0 bridgehead atoms. The number of pyridine rings is 1. The average molecular weight is 603 g/mol. The summed E-state index contributed by atoms with van der Waals surface area (Å²) in [5.41, 5.74) is 6.97. The number of fused-ring (bicyclic) bond motifs is 1. The van der Waals surface area contributed by atoms with Crippen molar-refractivity contribution >= 4 is 22.7 Å². The number of benzene rings is 3. The van der Waals surface area contributed by atoms with Gasteiger partial charge in [-0.2, -0.15) is 0 Å². The van der Waals surface area contributed by atoms with Crippen molar-refractivity contribution in [3.05, 3.63) is 125 Å². The Balaban J connectivity index is 1.43. The van der Waals surface area contributed by atoms with Crippen LogP contribution < -0.4 is 21.3 Å². The summed E-state index contributed by atoms with van der Waals surface area (Å²) in [6.45, 7) is -0.256. The summed E-state index contributed by atoms with van der Waals surface area (Å²) >= 11 is 0. The molecule has 3 heterocycles. The number of H-pyrrole nitrogens is 1. The second kappa shape index (κ2) is 12.3. The first-order chi connectivity index (χ1) is 21.8. The molecular formula is C34H27FN6O4. The van der Waals surface area contributed by atoms with E-state index in [2.05, 4.69) is 20.3 Å². The lowest BCUT2D eigenvalue weighted by Gasteiger charge is -2.17. The minimum absolute atomic E-state index is 0.123. The van der Waals surface area contributed by atoms with Crippen LogP contribution in [0.1, 0.15) is 16.1 Å². The summed E-state index contributed by atoms with van der Waals surface area (Å²) in [5, 5.41) is 3.71. The third-order valence-corrected chi connectivity index (χ3v) is 7.39. The van der Waals surface area contributed by atoms with Gasteiger partial charge in [0.25, 0.3) is 5.56 Å². The van der Waals surface area contributed by atoms with E-state index < -0.39 is 29.7 Å². The van der Waals surface area contributed by atoms with Gasteiger partial charge in [0.2, 0.25) is 11.8 Å². The van der Waals surface area contributed by atoms with Crippen molar-refractivity contribution in [2.24, 2.45) is 5.73 Å². The van der Waals surface area contributed by atoms with Gasteiger partial charge in [-0.3, -0.25) is 23.9 Å². The first-order valence-electron chi connectivity index (χ1n) is 13.9. The summed E-state index contributed by atoms with van der Waals surface area (Å²) in [5.74, 6) is -1.55. The summed E-state index contributed by atoms with van der Waals surface area (Å²) in [7, 11) is 1.49. The molecule has 3 aromatic heterocycles. The van der Waals surface area contributed by atoms with Crippen LogP contribution in [0.3, 0.4) is 0 Å². The lowest BCUT2D eigenvalue weighted by molar-refractivity contribution is -0.121. The number of rotatable bonds is 9. The predicted octanol–water partition coefficient (Wildman–Crippen LogP) is 4.68. The van der Waals surface area contributed by atoms with Gasteiger partial charge in [0.1, 0.15) is 23.9 Å².